The van der Waals surface area contributed by atoms with Gasteiger partial charge in [-0.05, 0) is 65.3 Å². The van der Waals surface area contributed by atoms with Gasteiger partial charge in [0.1, 0.15) is 0 Å². The molecule has 0 aliphatic rings. The van der Waals surface area contributed by atoms with Crippen molar-refractivity contribution in [2.45, 2.75) is 64.6 Å². The van der Waals surface area contributed by atoms with Crippen molar-refractivity contribution in [3.05, 3.63) is 50.4 Å². The van der Waals surface area contributed by atoms with E-state index in [9.17, 15) is 0 Å². The lowest BCUT2D eigenvalue weighted by atomic mass is 10.1. The highest BCUT2D eigenvalue weighted by atomic mass is 79.9. The maximum atomic E-state index is 6.30. The van der Waals surface area contributed by atoms with Gasteiger partial charge < -0.3 is 4.43 Å². The van der Waals surface area contributed by atoms with Crippen molar-refractivity contribution < 1.29 is 4.43 Å². The van der Waals surface area contributed by atoms with Gasteiger partial charge in [-0.1, -0.05) is 51.1 Å². The number of aryl methyl sites for hydroxylation is 3. The van der Waals surface area contributed by atoms with Crippen LogP contribution in [-0.4, -0.2) is 19.9 Å². The first-order chi connectivity index (χ1) is 11.7. The van der Waals surface area contributed by atoms with Gasteiger partial charge in [0, 0.05) is 11.5 Å². The van der Waals surface area contributed by atoms with Crippen LogP contribution in [0.25, 0.3) is 0 Å². The minimum atomic E-state index is -1.63. The van der Waals surface area contributed by atoms with Crippen LogP contribution in [0.3, 0.4) is 0 Å². The molecule has 0 spiro atoms. The molecule has 0 bridgehead atoms. The van der Waals surface area contributed by atoms with Gasteiger partial charge in [0.15, 0.2) is 12.2 Å². The first-order valence-electron chi connectivity index (χ1n) is 9.01. The predicted octanol–water partition coefficient (Wildman–Crippen LogP) is 6.65. The average Bonchev–Trinajstić information content (AvgIpc) is 2.89. The van der Waals surface area contributed by atoms with Crippen molar-refractivity contribution in [1.29, 1.82) is 0 Å². The quantitative estimate of drug-likeness (QED) is 0.339. The van der Waals surface area contributed by atoms with Gasteiger partial charge in [0.2, 0.25) is 0 Å². The molecule has 2 nitrogen and oxygen atoms in total. The topological polar surface area (TPSA) is 22.1 Å². The van der Waals surface area contributed by atoms with Crippen molar-refractivity contribution in [3.8, 4) is 0 Å². The maximum absolute atomic E-state index is 6.30. The molecule has 0 aliphatic carbocycles. The molecule has 1 aromatic heterocycles. The molecule has 0 aliphatic heterocycles. The largest absolute Gasteiger partial charge is 0.417 e. The summed E-state index contributed by atoms with van der Waals surface area (Å²) in [6, 6.07) is 10.6. The van der Waals surface area contributed by atoms with E-state index in [-0.39, 0.29) is 5.04 Å². The second-order valence-electron chi connectivity index (χ2n) is 8.03. The lowest BCUT2D eigenvalue weighted by Crippen LogP contribution is -2.41. The van der Waals surface area contributed by atoms with Crippen molar-refractivity contribution in [1.82, 2.24) is 4.98 Å². The van der Waals surface area contributed by atoms with Crippen LogP contribution in [-0.2, 0) is 23.7 Å². The van der Waals surface area contributed by atoms with Crippen LogP contribution in [0.5, 0.6) is 0 Å². The summed E-state index contributed by atoms with van der Waals surface area (Å²) >= 11 is 5.33. The molecule has 0 amide bonds. The third-order valence-electron chi connectivity index (χ3n) is 5.06. The minimum absolute atomic E-state index is 0.279. The number of hydrogen-bond acceptors (Lipinski definition) is 3. The average molecular weight is 441 g/mol. The Morgan fingerprint density at radius 2 is 1.76 bits per heavy atom. The number of aromatic nitrogens is 1. The highest BCUT2D eigenvalue weighted by Gasteiger charge is 2.36. The van der Waals surface area contributed by atoms with Crippen LogP contribution in [0, 0.1) is 0 Å². The molecular formula is C20H30BrNOSSi. The highest BCUT2D eigenvalue weighted by Crippen LogP contribution is 2.36. The molecule has 2 aromatic rings. The second kappa shape index (κ2) is 8.93. The number of halogens is 1. The fraction of sp³-hybridized carbons (Fsp3) is 0.550. The summed E-state index contributed by atoms with van der Waals surface area (Å²) in [5.74, 6) is 0. The molecule has 0 radical (unpaired) electrons. The Bertz CT molecular complexity index is 664. The first-order valence-corrected chi connectivity index (χ1v) is 13.5. The summed E-state index contributed by atoms with van der Waals surface area (Å²) in [6.45, 7) is 12.4. The van der Waals surface area contributed by atoms with Crippen LogP contribution in [0.1, 0.15) is 43.3 Å². The SMILES string of the molecule is CC(C)(C)[Si](C)(C)OCCCc1sc(Br)nc1CCc1ccccc1. The normalized spacial score (nSPS) is 12.6. The number of rotatable bonds is 8. The standard InChI is InChI=1S/C20H30BrNOSSi/c1-20(2,3)25(4,5)23-15-9-12-18-17(22-19(21)24-18)14-13-16-10-7-6-8-11-16/h6-8,10-11H,9,12-15H2,1-5H3. The van der Waals surface area contributed by atoms with Crippen LogP contribution in [0.15, 0.2) is 34.2 Å². The zero-order valence-corrected chi connectivity index (χ0v) is 19.5. The minimum Gasteiger partial charge on any atom is -0.417 e. The van der Waals surface area contributed by atoms with Gasteiger partial charge in [-0.2, -0.15) is 0 Å². The Balaban J connectivity index is 1.86. The van der Waals surface area contributed by atoms with E-state index in [1.54, 1.807) is 11.3 Å². The van der Waals surface area contributed by atoms with Crippen LogP contribution in [0.2, 0.25) is 18.1 Å². The van der Waals surface area contributed by atoms with E-state index < -0.39 is 8.32 Å². The lowest BCUT2D eigenvalue weighted by molar-refractivity contribution is 0.283. The van der Waals surface area contributed by atoms with Gasteiger partial charge in [-0.15, -0.1) is 11.3 Å². The molecule has 0 saturated heterocycles. The summed E-state index contributed by atoms with van der Waals surface area (Å²) in [7, 11) is -1.63. The summed E-state index contributed by atoms with van der Waals surface area (Å²) in [5, 5.41) is 0.279. The molecule has 25 heavy (non-hydrogen) atoms. The molecule has 2 rings (SSSR count). The van der Waals surface area contributed by atoms with E-state index in [0.717, 1.165) is 36.2 Å². The summed E-state index contributed by atoms with van der Waals surface area (Å²) in [4.78, 5) is 6.10. The summed E-state index contributed by atoms with van der Waals surface area (Å²) in [6.07, 6.45) is 4.18. The van der Waals surface area contributed by atoms with E-state index in [4.69, 9.17) is 9.41 Å². The Kier molecular flexibility index (Phi) is 7.44. The number of benzene rings is 1. The Hall–Kier alpha value is -0.493. The lowest BCUT2D eigenvalue weighted by Gasteiger charge is -2.36. The Labute approximate surface area is 166 Å². The molecule has 0 unspecified atom stereocenters. The van der Waals surface area contributed by atoms with Gasteiger partial charge in [0.25, 0.3) is 0 Å². The summed E-state index contributed by atoms with van der Waals surface area (Å²) in [5.41, 5.74) is 2.62. The zero-order valence-electron chi connectivity index (χ0n) is 16.1. The van der Waals surface area contributed by atoms with Crippen molar-refractivity contribution >= 4 is 35.6 Å². The van der Waals surface area contributed by atoms with Crippen LogP contribution in [0.4, 0.5) is 0 Å². The fourth-order valence-electron chi connectivity index (χ4n) is 2.43. The number of hydrogen-bond donors (Lipinski definition) is 0. The highest BCUT2D eigenvalue weighted by molar-refractivity contribution is 9.11. The second-order valence-corrected chi connectivity index (χ2v) is 15.2. The van der Waals surface area contributed by atoms with E-state index in [2.05, 4.69) is 80.1 Å². The first kappa shape index (κ1) is 20.8. The smallest absolute Gasteiger partial charge is 0.191 e. The zero-order chi connectivity index (χ0) is 18.5. The third kappa shape index (κ3) is 6.31. The Morgan fingerprint density at radius 1 is 1.08 bits per heavy atom. The van der Waals surface area contributed by atoms with Crippen molar-refractivity contribution in [2.75, 3.05) is 6.61 Å². The molecular weight excluding hydrogens is 410 g/mol. The summed E-state index contributed by atoms with van der Waals surface area (Å²) < 4.78 is 7.30. The molecule has 0 fully saturated rings. The van der Waals surface area contributed by atoms with Crippen LogP contribution >= 0.6 is 27.3 Å². The molecule has 1 aromatic carbocycles. The molecule has 1 heterocycles. The van der Waals surface area contributed by atoms with E-state index in [0.29, 0.717) is 0 Å². The monoisotopic (exact) mass is 439 g/mol. The number of thiazole rings is 1. The molecule has 138 valence electrons. The molecule has 0 saturated carbocycles. The van der Waals surface area contributed by atoms with Crippen molar-refractivity contribution in [2.24, 2.45) is 0 Å². The predicted molar refractivity (Wildman–Crippen MR) is 115 cm³/mol. The van der Waals surface area contributed by atoms with Gasteiger partial charge in [0.05, 0.1) is 5.69 Å². The molecule has 0 N–H and O–H groups in total. The van der Waals surface area contributed by atoms with E-state index in [1.165, 1.54) is 16.1 Å². The van der Waals surface area contributed by atoms with E-state index >= 15 is 0 Å². The number of nitrogens with zero attached hydrogens (tertiary/aromatic N) is 1. The third-order valence-corrected chi connectivity index (χ3v) is 11.2. The molecule has 0 atom stereocenters. The van der Waals surface area contributed by atoms with Gasteiger partial charge in [-0.25, -0.2) is 4.98 Å². The Morgan fingerprint density at radius 3 is 2.40 bits per heavy atom. The van der Waals surface area contributed by atoms with Crippen LogP contribution < -0.4 is 0 Å². The van der Waals surface area contributed by atoms with Gasteiger partial charge in [-0.3, -0.25) is 0 Å². The fourth-order valence-corrected chi connectivity index (χ4v) is 5.19. The maximum Gasteiger partial charge on any atom is 0.191 e. The molecule has 5 heteroatoms. The van der Waals surface area contributed by atoms with E-state index in [1.807, 2.05) is 0 Å². The van der Waals surface area contributed by atoms with Crippen molar-refractivity contribution in [3.63, 3.8) is 0 Å². The van der Waals surface area contributed by atoms with Gasteiger partial charge >= 0.3 is 0 Å².